The first-order valence-corrected chi connectivity index (χ1v) is 11.7. The van der Waals surface area contributed by atoms with Gasteiger partial charge < -0.3 is 25.6 Å². The van der Waals surface area contributed by atoms with Gasteiger partial charge in [0.05, 0.1) is 12.1 Å². The molecule has 0 spiro atoms. The zero-order chi connectivity index (χ0) is 24.1. The molecule has 8 heteroatoms. The van der Waals surface area contributed by atoms with E-state index in [0.717, 1.165) is 41.5 Å². The summed E-state index contributed by atoms with van der Waals surface area (Å²) in [6.45, 7) is -0.526. The number of aliphatic hydroxyl groups excluding tert-OH is 1. The number of carboxylic acids is 1. The van der Waals surface area contributed by atoms with Crippen molar-refractivity contribution in [1.82, 2.24) is 10.6 Å². The normalized spacial score (nSPS) is 17.2. The summed E-state index contributed by atoms with van der Waals surface area (Å²) in [5.74, 6) is -1.90. The van der Waals surface area contributed by atoms with Crippen molar-refractivity contribution in [2.45, 2.75) is 56.0 Å². The van der Waals surface area contributed by atoms with Crippen LogP contribution in [0.3, 0.4) is 0 Å². The molecule has 2 aromatic rings. The van der Waals surface area contributed by atoms with Crippen molar-refractivity contribution < 1.29 is 29.3 Å². The number of aliphatic carboxylic acids is 1. The Bertz CT molecular complexity index is 1020. The molecule has 1 saturated carbocycles. The molecule has 4 N–H and O–H groups in total. The van der Waals surface area contributed by atoms with Gasteiger partial charge in [0.2, 0.25) is 5.91 Å². The van der Waals surface area contributed by atoms with E-state index < -0.39 is 36.2 Å². The van der Waals surface area contributed by atoms with E-state index in [9.17, 15) is 19.5 Å². The highest BCUT2D eigenvalue weighted by Gasteiger charge is 2.38. The molecule has 0 radical (unpaired) electrons. The number of rotatable bonds is 8. The minimum Gasteiger partial charge on any atom is -0.480 e. The lowest BCUT2D eigenvalue weighted by Gasteiger charge is -2.37. The number of amides is 2. The molecular formula is C26H30N2O6. The van der Waals surface area contributed by atoms with Crippen molar-refractivity contribution in [3.05, 3.63) is 59.7 Å². The van der Waals surface area contributed by atoms with Gasteiger partial charge in [-0.1, -0.05) is 67.8 Å². The predicted molar refractivity (Wildman–Crippen MR) is 125 cm³/mol. The molecule has 2 amide bonds. The largest absolute Gasteiger partial charge is 0.480 e. The Morgan fingerprint density at radius 3 is 2.12 bits per heavy atom. The van der Waals surface area contributed by atoms with Crippen LogP contribution in [0.2, 0.25) is 0 Å². The molecule has 1 fully saturated rings. The standard InChI is InChI=1S/C26H30N2O6/c29-15-22(24(31)32)27-23(30)14-26(12-6-1-7-13-26)28-25(33)34-16-21-19-10-4-2-8-17(19)18-9-3-5-11-20(18)21/h2-5,8-11,21-22,29H,1,6-7,12-16H2,(H,27,30)(H,28,33)(H,31,32)/t22-/m1/s1. The number of hydrogen-bond donors (Lipinski definition) is 4. The van der Waals surface area contributed by atoms with Gasteiger partial charge in [-0.3, -0.25) is 4.79 Å². The summed E-state index contributed by atoms with van der Waals surface area (Å²) in [7, 11) is 0. The summed E-state index contributed by atoms with van der Waals surface area (Å²) in [4.78, 5) is 36.5. The smallest absolute Gasteiger partial charge is 0.407 e. The number of carboxylic acid groups (broad SMARTS) is 1. The van der Waals surface area contributed by atoms with Crippen molar-refractivity contribution >= 4 is 18.0 Å². The molecule has 1 atom stereocenters. The lowest BCUT2D eigenvalue weighted by molar-refractivity contribution is -0.143. The maximum Gasteiger partial charge on any atom is 0.407 e. The monoisotopic (exact) mass is 466 g/mol. The highest BCUT2D eigenvalue weighted by molar-refractivity contribution is 5.85. The lowest BCUT2D eigenvalue weighted by Crippen LogP contribution is -2.54. The maximum atomic E-state index is 12.9. The lowest BCUT2D eigenvalue weighted by atomic mass is 9.79. The van der Waals surface area contributed by atoms with E-state index in [4.69, 9.17) is 9.84 Å². The van der Waals surface area contributed by atoms with Crippen LogP contribution in [0.25, 0.3) is 11.1 Å². The number of carbonyl (C=O) groups is 3. The molecule has 2 aliphatic rings. The third-order valence-corrected chi connectivity index (χ3v) is 6.84. The van der Waals surface area contributed by atoms with Gasteiger partial charge in [-0.2, -0.15) is 0 Å². The number of fused-ring (bicyclic) bond motifs is 3. The molecule has 2 aliphatic carbocycles. The first-order chi connectivity index (χ1) is 16.4. The number of ether oxygens (including phenoxy) is 1. The topological polar surface area (TPSA) is 125 Å². The first kappa shape index (κ1) is 23.8. The Hall–Kier alpha value is -3.39. The van der Waals surface area contributed by atoms with E-state index in [0.29, 0.717) is 12.8 Å². The van der Waals surface area contributed by atoms with Crippen LogP contribution in [0.15, 0.2) is 48.5 Å². The number of carbonyl (C=O) groups excluding carboxylic acids is 2. The predicted octanol–water partition coefficient (Wildman–Crippen LogP) is 3.18. The van der Waals surface area contributed by atoms with Crippen molar-refractivity contribution in [1.29, 1.82) is 0 Å². The summed E-state index contributed by atoms with van der Waals surface area (Å²) in [5.41, 5.74) is 3.72. The minimum absolute atomic E-state index is 0.0652. The maximum absolute atomic E-state index is 12.9. The van der Waals surface area contributed by atoms with Crippen LogP contribution in [0.1, 0.15) is 55.6 Å². The Balaban J connectivity index is 1.42. The van der Waals surface area contributed by atoms with Crippen LogP contribution < -0.4 is 10.6 Å². The van der Waals surface area contributed by atoms with Crippen LogP contribution in [-0.4, -0.2) is 53.0 Å². The Morgan fingerprint density at radius 2 is 1.56 bits per heavy atom. The van der Waals surface area contributed by atoms with Crippen LogP contribution in [0.5, 0.6) is 0 Å². The Labute approximate surface area is 198 Å². The van der Waals surface area contributed by atoms with Gasteiger partial charge in [0.1, 0.15) is 12.6 Å². The molecule has 0 unspecified atom stereocenters. The van der Waals surface area contributed by atoms with E-state index >= 15 is 0 Å². The third-order valence-electron chi connectivity index (χ3n) is 6.84. The fraction of sp³-hybridized carbons (Fsp3) is 0.423. The van der Waals surface area contributed by atoms with E-state index in [1.165, 1.54) is 0 Å². The average molecular weight is 467 g/mol. The van der Waals surface area contributed by atoms with E-state index in [1.807, 2.05) is 36.4 Å². The van der Waals surface area contributed by atoms with Gasteiger partial charge in [0.25, 0.3) is 0 Å². The molecule has 0 saturated heterocycles. The van der Waals surface area contributed by atoms with Gasteiger partial charge >= 0.3 is 12.1 Å². The second kappa shape index (κ2) is 10.3. The van der Waals surface area contributed by atoms with Crippen LogP contribution in [0.4, 0.5) is 4.79 Å². The highest BCUT2D eigenvalue weighted by Crippen LogP contribution is 2.44. The van der Waals surface area contributed by atoms with E-state index in [1.54, 1.807) is 0 Å². The molecule has 34 heavy (non-hydrogen) atoms. The quantitative estimate of drug-likeness (QED) is 0.474. The number of alkyl carbamates (subject to hydrolysis) is 1. The summed E-state index contributed by atoms with van der Waals surface area (Å²) in [6.07, 6.45) is 3.24. The van der Waals surface area contributed by atoms with Gasteiger partial charge in [-0.25, -0.2) is 9.59 Å². The van der Waals surface area contributed by atoms with Crippen LogP contribution in [0, 0.1) is 0 Å². The SMILES string of the molecule is O=C(CC1(NC(=O)OCC2c3ccccc3-c3ccccc32)CCCCC1)N[C@H](CO)C(=O)O. The average Bonchev–Trinajstić information content (AvgIpc) is 3.15. The van der Waals surface area contributed by atoms with E-state index in [2.05, 4.69) is 22.8 Å². The van der Waals surface area contributed by atoms with Crippen LogP contribution >= 0.6 is 0 Å². The third kappa shape index (κ3) is 5.07. The number of aliphatic hydroxyl groups is 1. The fourth-order valence-corrected chi connectivity index (χ4v) is 5.16. The number of nitrogens with one attached hydrogen (secondary N) is 2. The van der Waals surface area contributed by atoms with Crippen molar-refractivity contribution in [2.75, 3.05) is 13.2 Å². The molecule has 2 aromatic carbocycles. The van der Waals surface area contributed by atoms with Gasteiger partial charge in [-0.15, -0.1) is 0 Å². The van der Waals surface area contributed by atoms with E-state index in [-0.39, 0.29) is 18.9 Å². The second-order valence-electron chi connectivity index (χ2n) is 9.11. The summed E-state index contributed by atoms with van der Waals surface area (Å²) in [5, 5.41) is 23.5. The van der Waals surface area contributed by atoms with Crippen molar-refractivity contribution in [3.63, 3.8) is 0 Å². The highest BCUT2D eigenvalue weighted by atomic mass is 16.5. The molecular weight excluding hydrogens is 436 g/mol. The summed E-state index contributed by atoms with van der Waals surface area (Å²) in [6, 6.07) is 14.8. The van der Waals surface area contributed by atoms with Gasteiger partial charge in [0.15, 0.2) is 0 Å². The fourth-order valence-electron chi connectivity index (χ4n) is 5.16. The van der Waals surface area contributed by atoms with Crippen molar-refractivity contribution in [3.8, 4) is 11.1 Å². The van der Waals surface area contributed by atoms with Crippen molar-refractivity contribution in [2.24, 2.45) is 0 Å². The molecule has 0 heterocycles. The molecule has 0 aliphatic heterocycles. The zero-order valence-electron chi connectivity index (χ0n) is 19.0. The molecule has 0 bridgehead atoms. The van der Waals surface area contributed by atoms with Gasteiger partial charge in [0, 0.05) is 12.3 Å². The van der Waals surface area contributed by atoms with Gasteiger partial charge in [-0.05, 0) is 35.1 Å². The van der Waals surface area contributed by atoms with Crippen LogP contribution in [-0.2, 0) is 14.3 Å². The first-order valence-electron chi connectivity index (χ1n) is 11.7. The summed E-state index contributed by atoms with van der Waals surface area (Å²) >= 11 is 0. The number of benzene rings is 2. The second-order valence-corrected chi connectivity index (χ2v) is 9.11. The molecule has 180 valence electrons. The zero-order valence-corrected chi connectivity index (χ0v) is 19.0. The summed E-state index contributed by atoms with van der Waals surface area (Å²) < 4.78 is 5.67. The molecule has 8 nitrogen and oxygen atoms in total. The molecule has 4 rings (SSSR count). The Kier molecular flexibility index (Phi) is 7.17. The molecule has 0 aromatic heterocycles. The Morgan fingerprint density at radius 1 is 0.971 bits per heavy atom. The minimum atomic E-state index is -1.37. The number of hydrogen-bond acceptors (Lipinski definition) is 5.